The molecule has 0 radical (unpaired) electrons. The largest absolute Gasteiger partial charge is 1.00 e. The topological polar surface area (TPSA) is 26.3 Å². The van der Waals surface area contributed by atoms with E-state index >= 15 is 0 Å². The van der Waals surface area contributed by atoms with Gasteiger partial charge in [0.1, 0.15) is 13.2 Å². The molecule has 0 spiro atoms. The van der Waals surface area contributed by atoms with Crippen molar-refractivity contribution in [1.29, 1.82) is 0 Å². The van der Waals surface area contributed by atoms with Crippen molar-refractivity contribution in [2.24, 2.45) is 0 Å². The van der Waals surface area contributed by atoms with Gasteiger partial charge in [-0.25, -0.2) is 4.79 Å². The van der Waals surface area contributed by atoms with Crippen LogP contribution in [0.1, 0.15) is 20.8 Å². The van der Waals surface area contributed by atoms with Gasteiger partial charge in [0.05, 0.1) is 19.6 Å². The minimum atomic E-state index is -0.348. The Bertz CT molecular complexity index is 219. The fourth-order valence-electron chi connectivity index (χ4n) is 0.769. The van der Waals surface area contributed by atoms with E-state index in [2.05, 4.69) is 41.4 Å². The SMILES string of the molecule is C=CC(=O)OCC[N+](C)(C)C(C)(C)C.[Cl-]. The third-order valence-corrected chi connectivity index (χ3v) is 2.88. The summed E-state index contributed by atoms with van der Waals surface area (Å²) in [5.74, 6) is -0.348. The van der Waals surface area contributed by atoms with Crippen molar-refractivity contribution in [1.82, 2.24) is 0 Å². The Balaban J connectivity index is 0. The summed E-state index contributed by atoms with van der Waals surface area (Å²) >= 11 is 0. The van der Waals surface area contributed by atoms with Crippen molar-refractivity contribution in [3.05, 3.63) is 12.7 Å². The second kappa shape index (κ2) is 6.13. The maximum Gasteiger partial charge on any atom is 0.330 e. The first-order chi connectivity index (χ1) is 6.20. The molecule has 0 aliphatic rings. The molecule has 0 unspecified atom stereocenters. The summed E-state index contributed by atoms with van der Waals surface area (Å²) in [6.07, 6.45) is 1.19. The second-order valence-electron chi connectivity index (χ2n) is 4.95. The van der Waals surface area contributed by atoms with Crippen LogP contribution in [-0.2, 0) is 9.53 Å². The van der Waals surface area contributed by atoms with Crippen LogP contribution in [0.15, 0.2) is 12.7 Å². The number of halogens is 1. The number of ether oxygens (including phenoxy) is 1. The number of quaternary nitrogens is 1. The molecule has 0 saturated heterocycles. The first-order valence-corrected chi connectivity index (χ1v) is 4.83. The molecule has 0 atom stereocenters. The van der Waals surface area contributed by atoms with Crippen molar-refractivity contribution in [3.63, 3.8) is 0 Å². The normalized spacial score (nSPS) is 11.5. The average Bonchev–Trinajstić information content (AvgIpc) is 2.01. The van der Waals surface area contributed by atoms with Crippen molar-refractivity contribution < 1.29 is 26.4 Å². The fourth-order valence-corrected chi connectivity index (χ4v) is 0.769. The van der Waals surface area contributed by atoms with Gasteiger partial charge < -0.3 is 21.6 Å². The molecule has 0 aliphatic carbocycles. The van der Waals surface area contributed by atoms with Crippen molar-refractivity contribution >= 4 is 5.97 Å². The van der Waals surface area contributed by atoms with E-state index in [1.165, 1.54) is 6.08 Å². The summed E-state index contributed by atoms with van der Waals surface area (Å²) in [6, 6.07) is 0. The molecule has 0 saturated carbocycles. The van der Waals surface area contributed by atoms with Gasteiger partial charge in [0.2, 0.25) is 0 Å². The highest BCUT2D eigenvalue weighted by atomic mass is 35.5. The number of nitrogens with zero attached hydrogens (tertiary/aromatic N) is 1. The van der Waals surface area contributed by atoms with E-state index in [-0.39, 0.29) is 23.9 Å². The Morgan fingerprint density at radius 2 is 1.87 bits per heavy atom. The van der Waals surface area contributed by atoms with E-state index < -0.39 is 0 Å². The fraction of sp³-hybridized carbons (Fsp3) is 0.727. The van der Waals surface area contributed by atoms with Crippen molar-refractivity contribution in [2.75, 3.05) is 27.2 Å². The molecule has 15 heavy (non-hydrogen) atoms. The lowest BCUT2D eigenvalue weighted by Gasteiger charge is -2.42. The highest BCUT2D eigenvalue weighted by Gasteiger charge is 2.31. The lowest BCUT2D eigenvalue weighted by Crippen LogP contribution is -3.00. The van der Waals surface area contributed by atoms with Gasteiger partial charge in [-0.3, -0.25) is 0 Å². The zero-order valence-corrected chi connectivity index (χ0v) is 11.1. The summed E-state index contributed by atoms with van der Waals surface area (Å²) in [7, 11) is 4.25. The Labute approximate surface area is 99.1 Å². The van der Waals surface area contributed by atoms with E-state index in [4.69, 9.17) is 4.74 Å². The van der Waals surface area contributed by atoms with Gasteiger partial charge in [-0.15, -0.1) is 0 Å². The average molecular weight is 236 g/mol. The number of esters is 1. The number of rotatable bonds is 4. The zero-order chi connectivity index (χ0) is 11.4. The summed E-state index contributed by atoms with van der Waals surface area (Å²) < 4.78 is 5.77. The molecule has 0 aliphatic heterocycles. The third kappa shape index (κ3) is 5.80. The number of hydrogen-bond donors (Lipinski definition) is 0. The first-order valence-electron chi connectivity index (χ1n) is 4.83. The number of likely N-dealkylation sites (N-methyl/N-ethyl adjacent to an activating group) is 1. The van der Waals surface area contributed by atoms with Crippen LogP contribution in [-0.4, -0.2) is 43.2 Å². The minimum Gasteiger partial charge on any atom is -1.00 e. The van der Waals surface area contributed by atoms with Crippen LogP contribution in [0.25, 0.3) is 0 Å². The van der Waals surface area contributed by atoms with Crippen LogP contribution in [0.3, 0.4) is 0 Å². The lowest BCUT2D eigenvalue weighted by molar-refractivity contribution is -0.935. The number of hydrogen-bond acceptors (Lipinski definition) is 2. The minimum absolute atomic E-state index is 0. The van der Waals surface area contributed by atoms with Gasteiger partial charge in [-0.2, -0.15) is 0 Å². The molecule has 0 heterocycles. The van der Waals surface area contributed by atoms with Gasteiger partial charge in [-0.05, 0) is 20.8 Å². The zero-order valence-electron chi connectivity index (χ0n) is 10.3. The predicted molar refractivity (Wildman–Crippen MR) is 57.9 cm³/mol. The highest BCUT2D eigenvalue weighted by molar-refractivity contribution is 5.81. The maximum absolute atomic E-state index is 10.8. The molecule has 4 heteroatoms. The molecule has 0 N–H and O–H groups in total. The molecule has 0 aromatic heterocycles. The molecular formula is C11H22ClNO2. The Kier molecular flexibility index (Phi) is 6.90. The summed E-state index contributed by atoms with van der Waals surface area (Å²) in [4.78, 5) is 10.8. The summed E-state index contributed by atoms with van der Waals surface area (Å²) in [5.41, 5.74) is 0.153. The Morgan fingerprint density at radius 3 is 2.20 bits per heavy atom. The highest BCUT2D eigenvalue weighted by Crippen LogP contribution is 2.18. The van der Waals surface area contributed by atoms with E-state index in [1.807, 2.05) is 0 Å². The van der Waals surface area contributed by atoms with Crippen LogP contribution < -0.4 is 12.4 Å². The van der Waals surface area contributed by atoms with Gasteiger partial charge >= 0.3 is 5.97 Å². The molecule has 0 aromatic carbocycles. The number of carbonyl (C=O) groups is 1. The van der Waals surface area contributed by atoms with E-state index in [9.17, 15) is 4.79 Å². The van der Waals surface area contributed by atoms with Gasteiger partial charge in [0.15, 0.2) is 0 Å². The van der Waals surface area contributed by atoms with Crippen LogP contribution >= 0.6 is 0 Å². The Morgan fingerprint density at radius 1 is 1.40 bits per heavy atom. The quantitative estimate of drug-likeness (QED) is 0.340. The Hall–Kier alpha value is -0.540. The summed E-state index contributed by atoms with van der Waals surface area (Å²) in [6.45, 7) is 11.1. The van der Waals surface area contributed by atoms with E-state index in [0.29, 0.717) is 6.61 Å². The van der Waals surface area contributed by atoms with Crippen LogP contribution in [0.5, 0.6) is 0 Å². The molecule has 0 bridgehead atoms. The van der Waals surface area contributed by atoms with Crippen LogP contribution in [0, 0.1) is 0 Å². The molecule has 3 nitrogen and oxygen atoms in total. The standard InChI is InChI=1S/C11H22NO2.ClH/c1-7-10(13)14-9-8-12(5,6)11(2,3)4;/h7H,1,8-9H2,2-6H3;1H/q+1;/p-1. The maximum atomic E-state index is 10.8. The molecule has 0 aromatic rings. The first kappa shape index (κ1) is 16.9. The number of carbonyl (C=O) groups excluding carboxylic acids is 1. The van der Waals surface area contributed by atoms with Gasteiger partial charge in [0, 0.05) is 6.08 Å². The van der Waals surface area contributed by atoms with Crippen molar-refractivity contribution in [2.45, 2.75) is 26.3 Å². The molecule has 0 fully saturated rings. The molecular weight excluding hydrogens is 214 g/mol. The summed E-state index contributed by atoms with van der Waals surface area (Å²) in [5, 5.41) is 0. The van der Waals surface area contributed by atoms with E-state index in [1.54, 1.807) is 0 Å². The second-order valence-corrected chi connectivity index (χ2v) is 4.95. The van der Waals surface area contributed by atoms with Crippen molar-refractivity contribution in [3.8, 4) is 0 Å². The van der Waals surface area contributed by atoms with Gasteiger partial charge in [0.25, 0.3) is 0 Å². The van der Waals surface area contributed by atoms with Crippen LogP contribution in [0.4, 0.5) is 0 Å². The smallest absolute Gasteiger partial charge is 0.330 e. The van der Waals surface area contributed by atoms with Gasteiger partial charge in [-0.1, -0.05) is 6.58 Å². The molecule has 0 rings (SSSR count). The molecule has 90 valence electrons. The third-order valence-electron chi connectivity index (χ3n) is 2.88. The monoisotopic (exact) mass is 235 g/mol. The van der Waals surface area contributed by atoms with E-state index in [0.717, 1.165) is 11.0 Å². The lowest BCUT2D eigenvalue weighted by atomic mass is 10.0. The predicted octanol–water partition coefficient (Wildman–Crippen LogP) is -1.41. The molecule has 0 amide bonds. The van der Waals surface area contributed by atoms with Crippen LogP contribution in [0.2, 0.25) is 0 Å².